The van der Waals surface area contributed by atoms with Crippen molar-refractivity contribution in [3.05, 3.63) is 39.8 Å². The molecule has 2 aliphatic rings. The molecule has 7 heteroatoms. The van der Waals surface area contributed by atoms with Gasteiger partial charge < -0.3 is 19.4 Å². The van der Waals surface area contributed by atoms with E-state index in [9.17, 15) is 9.59 Å². The summed E-state index contributed by atoms with van der Waals surface area (Å²) in [7, 11) is 0. The maximum absolute atomic E-state index is 12.1. The van der Waals surface area contributed by atoms with E-state index in [4.69, 9.17) is 21.1 Å². The predicted octanol–water partition coefficient (Wildman–Crippen LogP) is 3.96. The van der Waals surface area contributed by atoms with Crippen LogP contribution < -0.4 is 10.3 Å². The second kappa shape index (κ2) is 6.16. The van der Waals surface area contributed by atoms with Crippen LogP contribution in [0.25, 0.3) is 10.8 Å². The first-order valence-corrected chi connectivity index (χ1v) is 9.48. The van der Waals surface area contributed by atoms with Crippen LogP contribution in [0.3, 0.4) is 0 Å². The molecule has 1 saturated carbocycles. The fraction of sp³-hybridized carbons (Fsp3) is 0.500. The number of carbonyl (C=O) groups excluding carboxylic acids is 1. The van der Waals surface area contributed by atoms with Crippen molar-refractivity contribution in [3.8, 4) is 5.75 Å². The summed E-state index contributed by atoms with van der Waals surface area (Å²) in [6.07, 6.45) is 3.20. The lowest BCUT2D eigenvalue weighted by molar-refractivity contribution is -0.116. The normalized spacial score (nSPS) is 18.9. The van der Waals surface area contributed by atoms with E-state index in [1.165, 1.54) is 0 Å². The second-order valence-electron chi connectivity index (χ2n) is 8.63. The van der Waals surface area contributed by atoms with Crippen LogP contribution in [0.1, 0.15) is 33.6 Å². The molecule has 4 rings (SSSR count). The van der Waals surface area contributed by atoms with Crippen LogP contribution in [-0.2, 0) is 4.74 Å². The average molecular weight is 391 g/mol. The Morgan fingerprint density at radius 2 is 1.96 bits per heavy atom. The number of fused-ring (bicyclic) bond motifs is 1. The van der Waals surface area contributed by atoms with E-state index in [2.05, 4.69) is 4.98 Å². The molecular weight excluding hydrogens is 368 g/mol. The van der Waals surface area contributed by atoms with Gasteiger partial charge in [-0.05, 0) is 51.8 Å². The molecule has 0 radical (unpaired) electrons. The number of ether oxygens (including phenoxy) is 2. The molecule has 2 heterocycles. The van der Waals surface area contributed by atoms with Crippen molar-refractivity contribution in [2.24, 2.45) is 5.41 Å². The maximum Gasteiger partial charge on any atom is 0.410 e. The van der Waals surface area contributed by atoms with Crippen molar-refractivity contribution in [3.63, 3.8) is 0 Å². The van der Waals surface area contributed by atoms with Crippen LogP contribution in [-0.4, -0.2) is 40.8 Å². The number of hydrogen-bond donors (Lipinski definition) is 1. The molecule has 144 valence electrons. The SMILES string of the molecule is CC(C)(C)OC(=O)N1CC2(CC(Oc3ccc(Cl)c4c(=O)[nH]ccc34)C2)C1. The Bertz CT molecular complexity index is 949. The van der Waals surface area contributed by atoms with Gasteiger partial charge in [-0.3, -0.25) is 4.79 Å². The minimum Gasteiger partial charge on any atom is -0.490 e. The Morgan fingerprint density at radius 3 is 2.63 bits per heavy atom. The summed E-state index contributed by atoms with van der Waals surface area (Å²) in [6.45, 7) is 7.03. The Balaban J connectivity index is 1.38. The fourth-order valence-electron chi connectivity index (χ4n) is 3.99. The molecule has 1 aliphatic heterocycles. The van der Waals surface area contributed by atoms with Crippen molar-refractivity contribution in [1.29, 1.82) is 0 Å². The molecule has 1 aromatic heterocycles. The van der Waals surface area contributed by atoms with E-state index in [0.29, 0.717) is 29.2 Å². The van der Waals surface area contributed by atoms with Gasteiger partial charge in [-0.25, -0.2) is 4.79 Å². The molecule has 6 nitrogen and oxygen atoms in total. The van der Waals surface area contributed by atoms with E-state index in [1.807, 2.05) is 26.8 Å². The highest BCUT2D eigenvalue weighted by Gasteiger charge is 2.55. The molecular formula is C20H23ClN2O4. The van der Waals surface area contributed by atoms with Crippen molar-refractivity contribution in [2.75, 3.05) is 13.1 Å². The third kappa shape index (κ3) is 3.38. The molecule has 1 N–H and O–H groups in total. The highest BCUT2D eigenvalue weighted by atomic mass is 35.5. The van der Waals surface area contributed by atoms with Gasteiger partial charge in [0, 0.05) is 30.1 Å². The highest BCUT2D eigenvalue weighted by molar-refractivity contribution is 6.35. The number of H-pyrrole nitrogens is 1. The third-order valence-corrected chi connectivity index (χ3v) is 5.48. The predicted molar refractivity (Wildman–Crippen MR) is 103 cm³/mol. The van der Waals surface area contributed by atoms with Crippen LogP contribution in [0.15, 0.2) is 29.2 Å². The van der Waals surface area contributed by atoms with E-state index in [-0.39, 0.29) is 23.2 Å². The first kappa shape index (κ1) is 18.2. The van der Waals surface area contributed by atoms with Gasteiger partial charge in [0.15, 0.2) is 0 Å². The van der Waals surface area contributed by atoms with Crippen LogP contribution in [0.4, 0.5) is 4.79 Å². The monoisotopic (exact) mass is 390 g/mol. The summed E-state index contributed by atoms with van der Waals surface area (Å²) >= 11 is 6.16. The van der Waals surface area contributed by atoms with Crippen molar-refractivity contribution in [2.45, 2.75) is 45.3 Å². The van der Waals surface area contributed by atoms with Gasteiger partial charge in [0.1, 0.15) is 17.5 Å². The topological polar surface area (TPSA) is 71.6 Å². The Hall–Kier alpha value is -2.21. The molecule has 2 fully saturated rings. The summed E-state index contributed by atoms with van der Waals surface area (Å²) in [4.78, 5) is 28.5. The molecule has 1 spiro atoms. The largest absolute Gasteiger partial charge is 0.490 e. The summed E-state index contributed by atoms with van der Waals surface area (Å²) in [5.41, 5.74) is -0.556. The lowest BCUT2D eigenvalue weighted by Gasteiger charge is -2.58. The highest BCUT2D eigenvalue weighted by Crippen LogP contribution is 2.50. The van der Waals surface area contributed by atoms with Gasteiger partial charge in [-0.15, -0.1) is 0 Å². The number of aromatic nitrogens is 1. The van der Waals surface area contributed by atoms with Gasteiger partial charge in [-0.2, -0.15) is 0 Å². The molecule has 0 atom stereocenters. The molecule has 27 heavy (non-hydrogen) atoms. The zero-order valence-electron chi connectivity index (χ0n) is 15.7. The molecule has 1 saturated heterocycles. The standard InChI is InChI=1S/C20H23ClN2O4/c1-19(2,3)27-18(25)23-10-20(11-23)8-12(9-20)26-15-5-4-14(21)16-13(15)6-7-22-17(16)24/h4-7,12H,8-11H2,1-3H3,(H,22,24). The number of likely N-dealkylation sites (tertiary alicyclic amines) is 1. The second-order valence-corrected chi connectivity index (χ2v) is 9.03. The molecule has 1 aromatic carbocycles. The van der Waals surface area contributed by atoms with Gasteiger partial charge >= 0.3 is 6.09 Å². The summed E-state index contributed by atoms with van der Waals surface area (Å²) in [6, 6.07) is 5.30. The quantitative estimate of drug-likeness (QED) is 0.842. The van der Waals surface area contributed by atoms with Crippen molar-refractivity contribution < 1.29 is 14.3 Å². The number of nitrogens with zero attached hydrogens (tertiary/aromatic N) is 1. The van der Waals surface area contributed by atoms with E-state index in [0.717, 1.165) is 18.2 Å². The van der Waals surface area contributed by atoms with Gasteiger partial charge in [-0.1, -0.05) is 11.6 Å². The van der Waals surface area contributed by atoms with E-state index >= 15 is 0 Å². The number of amides is 1. The smallest absolute Gasteiger partial charge is 0.410 e. The van der Waals surface area contributed by atoms with Crippen LogP contribution in [0.5, 0.6) is 5.75 Å². The zero-order valence-corrected chi connectivity index (χ0v) is 16.4. The Morgan fingerprint density at radius 1 is 1.26 bits per heavy atom. The fourth-order valence-corrected chi connectivity index (χ4v) is 4.24. The van der Waals surface area contributed by atoms with Gasteiger partial charge in [0.25, 0.3) is 5.56 Å². The number of halogens is 1. The molecule has 1 aliphatic carbocycles. The number of benzene rings is 1. The third-order valence-electron chi connectivity index (χ3n) is 5.17. The van der Waals surface area contributed by atoms with Crippen LogP contribution in [0, 0.1) is 5.41 Å². The van der Waals surface area contributed by atoms with E-state index < -0.39 is 5.60 Å². The van der Waals surface area contributed by atoms with Crippen molar-refractivity contribution >= 4 is 28.5 Å². The first-order valence-electron chi connectivity index (χ1n) is 9.10. The number of pyridine rings is 1. The molecule has 2 aromatic rings. The number of hydrogen-bond acceptors (Lipinski definition) is 4. The average Bonchev–Trinajstić information content (AvgIpc) is 2.48. The first-order chi connectivity index (χ1) is 12.7. The summed E-state index contributed by atoms with van der Waals surface area (Å²) < 4.78 is 11.5. The minimum atomic E-state index is -0.474. The summed E-state index contributed by atoms with van der Waals surface area (Å²) in [5.74, 6) is 0.670. The Kier molecular flexibility index (Phi) is 4.14. The number of carbonyl (C=O) groups is 1. The maximum atomic E-state index is 12.1. The van der Waals surface area contributed by atoms with Crippen LogP contribution >= 0.6 is 11.6 Å². The molecule has 0 bridgehead atoms. The van der Waals surface area contributed by atoms with Gasteiger partial charge in [0.2, 0.25) is 0 Å². The van der Waals surface area contributed by atoms with Crippen molar-refractivity contribution in [1.82, 2.24) is 9.88 Å². The lowest BCUT2D eigenvalue weighted by atomic mass is 9.62. The molecule has 1 amide bonds. The summed E-state index contributed by atoms with van der Waals surface area (Å²) in [5, 5.41) is 1.58. The van der Waals surface area contributed by atoms with E-state index in [1.54, 1.807) is 23.2 Å². The number of nitrogens with one attached hydrogen (secondary N) is 1. The Labute approximate surface area is 162 Å². The van der Waals surface area contributed by atoms with Crippen LogP contribution in [0.2, 0.25) is 5.02 Å². The zero-order chi connectivity index (χ0) is 19.4. The molecule has 0 unspecified atom stereocenters. The van der Waals surface area contributed by atoms with Gasteiger partial charge in [0.05, 0.1) is 10.4 Å². The lowest BCUT2D eigenvalue weighted by Crippen LogP contribution is -2.66. The minimum absolute atomic E-state index is 0.0782. The number of aromatic amines is 1. The number of rotatable bonds is 2.